The molecule has 0 aromatic heterocycles. The number of nitrogens with zero attached hydrogens (tertiary/aromatic N) is 1. The maximum Gasteiger partial charge on any atom is 0.323 e. The Hall–Kier alpha value is -4.17. The normalized spacial score (nSPS) is 14.9. The molecule has 1 unspecified atom stereocenters. The number of anilines is 3. The monoisotopic (exact) mass is 471 g/mol. The molecule has 1 heterocycles. The predicted octanol–water partition coefficient (Wildman–Crippen LogP) is 4.20. The van der Waals surface area contributed by atoms with Crippen LogP contribution in [-0.4, -0.2) is 35.7 Å². The minimum Gasteiger partial charge on any atom is -0.399 e. The van der Waals surface area contributed by atoms with Crippen molar-refractivity contribution in [1.82, 2.24) is 4.90 Å². The van der Waals surface area contributed by atoms with E-state index in [1.165, 1.54) is 6.92 Å². The van der Waals surface area contributed by atoms with E-state index in [9.17, 15) is 14.4 Å². The molecule has 1 atom stereocenters. The average molecular weight is 472 g/mol. The lowest BCUT2D eigenvalue weighted by Gasteiger charge is -2.37. The molecule has 8 nitrogen and oxygen atoms in total. The van der Waals surface area contributed by atoms with Gasteiger partial charge in [0.2, 0.25) is 0 Å². The van der Waals surface area contributed by atoms with Gasteiger partial charge in [0.25, 0.3) is 5.91 Å². The van der Waals surface area contributed by atoms with Crippen LogP contribution in [0.25, 0.3) is 0 Å². The highest BCUT2D eigenvalue weighted by Gasteiger charge is 2.33. The number of nitrogen functional groups attached to an aromatic ring is 1. The third-order valence-electron chi connectivity index (χ3n) is 6.12. The number of ketones is 1. The summed E-state index contributed by atoms with van der Waals surface area (Å²) < 4.78 is 0. The number of rotatable bonds is 7. The zero-order valence-corrected chi connectivity index (χ0v) is 19.6. The Balaban J connectivity index is 1.52. The van der Waals surface area contributed by atoms with Crippen LogP contribution in [0.4, 0.5) is 21.9 Å². The van der Waals surface area contributed by atoms with Gasteiger partial charge in [-0.2, -0.15) is 0 Å². The van der Waals surface area contributed by atoms with Crippen LogP contribution in [-0.2, 0) is 6.42 Å². The van der Waals surface area contributed by atoms with Crippen molar-refractivity contribution < 1.29 is 14.4 Å². The number of Topliss-reactive ketones (excluding diaryl/α,β-unsaturated/α-hetero) is 1. The van der Waals surface area contributed by atoms with Gasteiger partial charge in [0, 0.05) is 34.7 Å². The third-order valence-corrected chi connectivity index (χ3v) is 6.12. The number of benzene rings is 3. The average Bonchev–Trinajstić information content (AvgIpc) is 2.84. The Morgan fingerprint density at radius 2 is 1.63 bits per heavy atom. The first-order chi connectivity index (χ1) is 16.9. The Morgan fingerprint density at radius 1 is 0.971 bits per heavy atom. The molecule has 35 heavy (non-hydrogen) atoms. The van der Waals surface area contributed by atoms with Crippen LogP contribution in [0.1, 0.15) is 51.2 Å². The topological polar surface area (TPSA) is 131 Å². The largest absolute Gasteiger partial charge is 0.399 e. The molecule has 4 rings (SSSR count). The molecule has 1 aliphatic rings. The molecule has 1 aliphatic heterocycles. The molecular formula is C27H29N5O3. The first-order valence-corrected chi connectivity index (χ1v) is 11.5. The van der Waals surface area contributed by atoms with Crippen molar-refractivity contribution in [2.75, 3.05) is 29.5 Å². The van der Waals surface area contributed by atoms with Gasteiger partial charge in [-0.1, -0.05) is 18.2 Å². The number of carbonyl (C=O) groups is 3. The minimum atomic E-state index is -0.441. The van der Waals surface area contributed by atoms with Crippen LogP contribution in [0.15, 0.2) is 66.7 Å². The van der Waals surface area contributed by atoms with E-state index in [1.54, 1.807) is 36.4 Å². The van der Waals surface area contributed by atoms with Crippen LogP contribution in [0.2, 0.25) is 0 Å². The standard InChI is InChI=1S/C27H29N5O3/c1-17(33)18-5-10-22(11-6-18)30-27(35)31-23-12-7-20-15-25(19-3-8-21(29)9-4-19)32(14-2-13-28)26(34)24(20)16-23/h3-12,16,25H,2,13-15,28-29H2,1H3,(H2,30,31,35). The highest BCUT2D eigenvalue weighted by atomic mass is 16.2. The van der Waals surface area contributed by atoms with E-state index in [1.807, 2.05) is 35.2 Å². The maximum atomic E-state index is 13.5. The second-order valence-corrected chi connectivity index (χ2v) is 8.61. The number of nitrogens with one attached hydrogen (secondary N) is 2. The molecule has 0 bridgehead atoms. The number of hydrogen-bond acceptors (Lipinski definition) is 5. The van der Waals surface area contributed by atoms with E-state index in [4.69, 9.17) is 11.5 Å². The van der Waals surface area contributed by atoms with Gasteiger partial charge >= 0.3 is 6.03 Å². The number of nitrogens with two attached hydrogens (primary N) is 2. The number of amides is 3. The Morgan fingerprint density at radius 3 is 2.29 bits per heavy atom. The number of urea groups is 1. The summed E-state index contributed by atoms with van der Waals surface area (Å²) in [5, 5.41) is 5.52. The van der Waals surface area contributed by atoms with Gasteiger partial charge in [-0.15, -0.1) is 0 Å². The van der Waals surface area contributed by atoms with Crippen molar-refractivity contribution in [1.29, 1.82) is 0 Å². The second kappa shape index (κ2) is 10.4. The second-order valence-electron chi connectivity index (χ2n) is 8.61. The van der Waals surface area contributed by atoms with Crippen molar-refractivity contribution in [3.8, 4) is 0 Å². The quantitative estimate of drug-likeness (QED) is 0.303. The highest BCUT2D eigenvalue weighted by Crippen LogP contribution is 2.35. The lowest BCUT2D eigenvalue weighted by molar-refractivity contribution is 0.0646. The van der Waals surface area contributed by atoms with Crippen LogP contribution in [0, 0.1) is 0 Å². The lowest BCUT2D eigenvalue weighted by atomic mass is 9.88. The summed E-state index contributed by atoms with van der Waals surface area (Å²) in [4.78, 5) is 39.3. The molecule has 0 aliphatic carbocycles. The highest BCUT2D eigenvalue weighted by molar-refractivity contribution is 6.03. The molecular weight excluding hydrogens is 442 g/mol. The molecule has 0 radical (unpaired) electrons. The van der Waals surface area contributed by atoms with Crippen molar-refractivity contribution >= 4 is 34.8 Å². The Labute approximate surface area is 204 Å². The smallest absolute Gasteiger partial charge is 0.323 e. The summed E-state index contributed by atoms with van der Waals surface area (Å²) in [5.74, 6) is -0.135. The number of hydrogen-bond donors (Lipinski definition) is 4. The predicted molar refractivity (Wildman–Crippen MR) is 138 cm³/mol. The fourth-order valence-electron chi connectivity index (χ4n) is 4.26. The summed E-state index contributed by atoms with van der Waals surface area (Å²) in [5.41, 5.74) is 16.4. The van der Waals surface area contributed by atoms with E-state index in [2.05, 4.69) is 10.6 Å². The summed E-state index contributed by atoms with van der Waals surface area (Å²) in [6, 6.07) is 19.1. The molecule has 0 spiro atoms. The molecule has 3 aromatic rings. The Kier molecular flexibility index (Phi) is 7.12. The minimum absolute atomic E-state index is 0.0427. The summed E-state index contributed by atoms with van der Waals surface area (Å²) in [7, 11) is 0. The summed E-state index contributed by atoms with van der Waals surface area (Å²) >= 11 is 0. The van der Waals surface area contributed by atoms with Gasteiger partial charge < -0.3 is 27.0 Å². The maximum absolute atomic E-state index is 13.5. The Bertz CT molecular complexity index is 1240. The molecule has 0 fully saturated rings. The van der Waals surface area contributed by atoms with Gasteiger partial charge in [-0.25, -0.2) is 4.79 Å². The molecule has 3 aromatic carbocycles. The van der Waals surface area contributed by atoms with E-state index >= 15 is 0 Å². The van der Waals surface area contributed by atoms with Crippen LogP contribution < -0.4 is 22.1 Å². The first-order valence-electron chi connectivity index (χ1n) is 11.5. The van der Waals surface area contributed by atoms with E-state index < -0.39 is 6.03 Å². The van der Waals surface area contributed by atoms with Crippen LogP contribution in [0.5, 0.6) is 0 Å². The summed E-state index contributed by atoms with van der Waals surface area (Å²) in [6.07, 6.45) is 1.35. The van der Waals surface area contributed by atoms with Gasteiger partial charge in [0.05, 0.1) is 6.04 Å². The zero-order valence-electron chi connectivity index (χ0n) is 19.6. The SMILES string of the molecule is CC(=O)c1ccc(NC(=O)Nc2ccc3c(c2)C(=O)N(CCCN)C(c2ccc(N)cc2)C3)cc1. The number of fused-ring (bicyclic) bond motifs is 1. The van der Waals surface area contributed by atoms with E-state index in [-0.39, 0.29) is 17.7 Å². The lowest BCUT2D eigenvalue weighted by Crippen LogP contribution is -2.41. The van der Waals surface area contributed by atoms with Crippen LogP contribution in [0.3, 0.4) is 0 Å². The van der Waals surface area contributed by atoms with Crippen molar-refractivity contribution in [2.45, 2.75) is 25.8 Å². The van der Waals surface area contributed by atoms with Crippen LogP contribution >= 0.6 is 0 Å². The fourth-order valence-corrected chi connectivity index (χ4v) is 4.26. The van der Waals surface area contributed by atoms with Gasteiger partial charge in [-0.3, -0.25) is 9.59 Å². The van der Waals surface area contributed by atoms with Gasteiger partial charge in [0.1, 0.15) is 0 Å². The summed E-state index contributed by atoms with van der Waals surface area (Å²) in [6.45, 7) is 2.51. The molecule has 0 saturated carbocycles. The van der Waals surface area contributed by atoms with Crippen molar-refractivity contribution in [2.24, 2.45) is 5.73 Å². The molecule has 180 valence electrons. The number of carbonyl (C=O) groups excluding carboxylic acids is 3. The molecule has 6 N–H and O–H groups in total. The molecule has 0 saturated heterocycles. The first kappa shape index (κ1) is 24.0. The van der Waals surface area contributed by atoms with E-state index in [0.717, 1.165) is 11.1 Å². The molecule has 8 heteroatoms. The zero-order chi connectivity index (χ0) is 24.9. The molecule has 3 amide bonds. The fraction of sp³-hybridized carbons (Fsp3) is 0.222. The van der Waals surface area contributed by atoms with Gasteiger partial charge in [-0.05, 0) is 86.0 Å². The van der Waals surface area contributed by atoms with Crippen molar-refractivity contribution in [3.63, 3.8) is 0 Å². The van der Waals surface area contributed by atoms with Crippen molar-refractivity contribution in [3.05, 3.63) is 89.0 Å². The van der Waals surface area contributed by atoms with E-state index in [0.29, 0.717) is 54.1 Å². The third kappa shape index (κ3) is 5.50. The van der Waals surface area contributed by atoms with Gasteiger partial charge in [0.15, 0.2) is 5.78 Å².